The summed E-state index contributed by atoms with van der Waals surface area (Å²) in [4.78, 5) is 0.327. The maximum atomic E-state index is 12.2. The molecule has 0 spiro atoms. The van der Waals surface area contributed by atoms with Crippen LogP contribution in [0.3, 0.4) is 0 Å². The van der Waals surface area contributed by atoms with Crippen LogP contribution in [0.25, 0.3) is 0 Å². The van der Waals surface area contributed by atoms with E-state index in [9.17, 15) is 16.8 Å². The number of hydrogen-bond donors (Lipinski definition) is 0. The van der Waals surface area contributed by atoms with Crippen molar-refractivity contribution in [3.63, 3.8) is 0 Å². The molecule has 2 rings (SSSR count). The summed E-state index contributed by atoms with van der Waals surface area (Å²) in [7, 11) is -7.19. The van der Waals surface area contributed by atoms with Crippen LogP contribution in [-0.2, 0) is 19.7 Å². The van der Waals surface area contributed by atoms with Gasteiger partial charge in [-0.3, -0.25) is 0 Å². The fourth-order valence-corrected chi connectivity index (χ4v) is 4.18. The Bertz CT molecular complexity index is 925. The second kappa shape index (κ2) is 6.93. The van der Waals surface area contributed by atoms with Crippen LogP contribution in [0.5, 0.6) is 0 Å². The number of sulfone groups is 2. The van der Waals surface area contributed by atoms with E-state index in [0.717, 1.165) is 10.8 Å². The van der Waals surface area contributed by atoms with Crippen LogP contribution in [0.15, 0.2) is 92.9 Å². The fraction of sp³-hybridized carbons (Fsp3) is 0.0588. The maximum absolute atomic E-state index is 12.2. The highest BCUT2D eigenvalue weighted by molar-refractivity contribution is 7.94. The molecule has 4 nitrogen and oxygen atoms in total. The summed E-state index contributed by atoms with van der Waals surface area (Å²) in [6.07, 6.45) is 1.28. The zero-order valence-corrected chi connectivity index (χ0v) is 14.1. The van der Waals surface area contributed by atoms with Gasteiger partial charge in [0.15, 0.2) is 19.7 Å². The van der Waals surface area contributed by atoms with Gasteiger partial charge in [-0.1, -0.05) is 36.4 Å². The molecule has 2 aromatic carbocycles. The largest absolute Gasteiger partial charge is 0.219 e. The van der Waals surface area contributed by atoms with Crippen LogP contribution in [0.4, 0.5) is 0 Å². The summed E-state index contributed by atoms with van der Waals surface area (Å²) in [5.74, 6) is 0. The first-order valence-electron chi connectivity index (χ1n) is 6.78. The van der Waals surface area contributed by atoms with Gasteiger partial charge in [-0.05, 0) is 42.8 Å². The third-order valence-corrected chi connectivity index (χ3v) is 6.03. The quantitative estimate of drug-likeness (QED) is 0.777. The Balaban J connectivity index is 2.27. The molecule has 0 aliphatic rings. The van der Waals surface area contributed by atoms with Gasteiger partial charge in [-0.25, -0.2) is 16.8 Å². The van der Waals surface area contributed by atoms with Gasteiger partial charge >= 0.3 is 0 Å². The van der Waals surface area contributed by atoms with E-state index in [-0.39, 0.29) is 9.79 Å². The van der Waals surface area contributed by atoms with E-state index in [0.29, 0.717) is 5.57 Å². The van der Waals surface area contributed by atoms with Crippen molar-refractivity contribution in [2.24, 2.45) is 0 Å². The highest BCUT2D eigenvalue weighted by Gasteiger charge is 2.11. The summed E-state index contributed by atoms with van der Waals surface area (Å²) >= 11 is 0. The molecule has 0 aromatic heterocycles. The number of hydrogen-bond acceptors (Lipinski definition) is 4. The molecule has 0 saturated heterocycles. The lowest BCUT2D eigenvalue weighted by atomic mass is 10.4. The summed E-state index contributed by atoms with van der Waals surface area (Å²) in [5, 5.41) is 2.06. The van der Waals surface area contributed by atoms with Gasteiger partial charge in [-0.15, -0.1) is 0 Å². The first-order chi connectivity index (χ1) is 10.8. The molecule has 0 saturated carbocycles. The first-order valence-corrected chi connectivity index (χ1v) is 9.87. The highest BCUT2D eigenvalue weighted by atomic mass is 32.2. The minimum Gasteiger partial charge on any atom is -0.219 e. The van der Waals surface area contributed by atoms with Crippen molar-refractivity contribution in [2.45, 2.75) is 16.7 Å². The predicted octanol–water partition coefficient (Wildman–Crippen LogP) is 3.35. The Labute approximate surface area is 136 Å². The minimum atomic E-state index is -3.60. The van der Waals surface area contributed by atoms with Crippen molar-refractivity contribution in [1.82, 2.24) is 0 Å². The zero-order chi connectivity index (χ0) is 16.9. The van der Waals surface area contributed by atoms with Gasteiger partial charge in [0.05, 0.1) is 9.79 Å². The van der Waals surface area contributed by atoms with Crippen molar-refractivity contribution in [1.29, 1.82) is 0 Å². The molecule has 0 aliphatic carbocycles. The van der Waals surface area contributed by atoms with Gasteiger partial charge in [0.25, 0.3) is 0 Å². The van der Waals surface area contributed by atoms with Gasteiger partial charge in [0.2, 0.25) is 0 Å². The van der Waals surface area contributed by atoms with E-state index < -0.39 is 19.7 Å². The molecule has 0 amide bonds. The summed E-state index contributed by atoms with van der Waals surface area (Å²) in [6, 6.07) is 15.9. The lowest BCUT2D eigenvalue weighted by Crippen LogP contribution is -1.98. The number of rotatable bonds is 5. The molecule has 0 fully saturated rings. The van der Waals surface area contributed by atoms with Crippen LogP contribution in [0.2, 0.25) is 0 Å². The third-order valence-electron chi connectivity index (χ3n) is 2.99. The molecule has 0 aliphatic heterocycles. The second-order valence-corrected chi connectivity index (χ2v) is 8.51. The Kier molecular flexibility index (Phi) is 5.18. The average Bonchev–Trinajstić information content (AvgIpc) is 2.54. The molecule has 23 heavy (non-hydrogen) atoms. The lowest BCUT2D eigenvalue weighted by Gasteiger charge is -2.00. The normalized spacial score (nSPS) is 13.3. The smallest absolute Gasteiger partial charge is 0.200 e. The van der Waals surface area contributed by atoms with Crippen LogP contribution < -0.4 is 0 Å². The van der Waals surface area contributed by atoms with E-state index >= 15 is 0 Å². The fourth-order valence-electron chi connectivity index (χ4n) is 1.85. The van der Waals surface area contributed by atoms with Crippen molar-refractivity contribution < 1.29 is 16.8 Å². The molecule has 0 radical (unpaired) electrons. The number of allylic oxidation sites excluding steroid dienone is 2. The van der Waals surface area contributed by atoms with Crippen molar-refractivity contribution >= 4 is 19.7 Å². The molecular weight excluding hydrogens is 332 g/mol. The molecule has 0 unspecified atom stereocenters. The van der Waals surface area contributed by atoms with Crippen LogP contribution in [0, 0.1) is 0 Å². The van der Waals surface area contributed by atoms with E-state index in [4.69, 9.17) is 0 Å². The zero-order valence-electron chi connectivity index (χ0n) is 12.5. The van der Waals surface area contributed by atoms with E-state index in [1.807, 2.05) is 0 Å². The van der Waals surface area contributed by atoms with Crippen molar-refractivity contribution in [2.75, 3.05) is 0 Å². The topological polar surface area (TPSA) is 68.3 Å². The van der Waals surface area contributed by atoms with E-state index in [2.05, 4.69) is 0 Å². The highest BCUT2D eigenvalue weighted by Crippen LogP contribution is 2.16. The molecule has 2 aromatic rings. The standard InChI is InChI=1S/C17H16O4S2/c1-15(14-23(20,21)17-10-6-3-7-11-17)12-13-22(18,19)16-8-4-2-5-9-16/h2-14H,1H3/b13-12-,15-14+. The van der Waals surface area contributed by atoms with Gasteiger partial charge in [0, 0.05) is 10.8 Å². The Hall–Kier alpha value is -2.18. The Morgan fingerprint density at radius 3 is 1.65 bits per heavy atom. The number of benzene rings is 2. The van der Waals surface area contributed by atoms with Crippen LogP contribution >= 0.6 is 0 Å². The monoisotopic (exact) mass is 348 g/mol. The van der Waals surface area contributed by atoms with E-state index in [1.54, 1.807) is 36.4 Å². The Morgan fingerprint density at radius 2 is 1.17 bits per heavy atom. The minimum absolute atomic E-state index is 0.162. The third kappa shape index (κ3) is 4.64. The summed E-state index contributed by atoms with van der Waals surface area (Å²) < 4.78 is 48.6. The molecule has 0 heterocycles. The molecule has 120 valence electrons. The predicted molar refractivity (Wildman–Crippen MR) is 90.2 cm³/mol. The molecule has 6 heteroatoms. The average molecular weight is 348 g/mol. The van der Waals surface area contributed by atoms with Crippen LogP contribution in [-0.4, -0.2) is 16.8 Å². The molecule has 0 bridgehead atoms. The van der Waals surface area contributed by atoms with Gasteiger partial charge < -0.3 is 0 Å². The van der Waals surface area contributed by atoms with Crippen LogP contribution in [0.1, 0.15) is 6.92 Å². The Morgan fingerprint density at radius 1 is 0.739 bits per heavy atom. The van der Waals surface area contributed by atoms with Crippen molar-refractivity contribution in [3.8, 4) is 0 Å². The molecule has 0 N–H and O–H groups in total. The summed E-state index contributed by atoms with van der Waals surface area (Å²) in [6.45, 7) is 1.54. The second-order valence-electron chi connectivity index (χ2n) is 4.88. The van der Waals surface area contributed by atoms with Gasteiger partial charge in [-0.2, -0.15) is 0 Å². The summed E-state index contributed by atoms with van der Waals surface area (Å²) in [5.41, 5.74) is 0.327. The maximum Gasteiger partial charge on any atom is 0.200 e. The van der Waals surface area contributed by atoms with Gasteiger partial charge in [0.1, 0.15) is 0 Å². The first kappa shape index (κ1) is 17.2. The lowest BCUT2D eigenvalue weighted by molar-refractivity contribution is 0.602. The molecule has 0 atom stereocenters. The SMILES string of the molecule is CC(/C=C\S(=O)(=O)c1ccccc1)=C\S(=O)(=O)c1ccccc1. The molecular formula is C17H16O4S2. The van der Waals surface area contributed by atoms with Crippen molar-refractivity contribution in [3.05, 3.63) is 83.1 Å². The van der Waals surface area contributed by atoms with E-state index in [1.165, 1.54) is 37.3 Å².